The van der Waals surface area contributed by atoms with Gasteiger partial charge in [0.2, 0.25) is 5.91 Å². The van der Waals surface area contributed by atoms with Crippen LogP contribution in [0.4, 0.5) is 0 Å². The predicted molar refractivity (Wildman–Crippen MR) is 71.4 cm³/mol. The highest BCUT2D eigenvalue weighted by atomic mass is 16.4. The third kappa shape index (κ3) is 6.00. The van der Waals surface area contributed by atoms with Gasteiger partial charge in [-0.05, 0) is 14.1 Å². The molecule has 0 radical (unpaired) electrons. The van der Waals surface area contributed by atoms with E-state index in [1.165, 1.54) is 0 Å². The summed E-state index contributed by atoms with van der Waals surface area (Å²) in [4.78, 5) is 26.8. The van der Waals surface area contributed by atoms with Gasteiger partial charge in [-0.25, -0.2) is 0 Å². The molecule has 0 aliphatic carbocycles. The molecule has 18 heavy (non-hydrogen) atoms. The van der Waals surface area contributed by atoms with Crippen molar-refractivity contribution in [3.8, 4) is 0 Å². The maximum atomic E-state index is 12.2. The highest BCUT2D eigenvalue weighted by Gasteiger charge is 2.29. The molecule has 1 unspecified atom stereocenters. The van der Waals surface area contributed by atoms with Gasteiger partial charge in [0.15, 0.2) is 0 Å². The van der Waals surface area contributed by atoms with Crippen LogP contribution >= 0.6 is 0 Å². The summed E-state index contributed by atoms with van der Waals surface area (Å²) in [5.41, 5.74) is -0.482. The molecule has 0 aromatic carbocycles. The lowest BCUT2D eigenvalue weighted by atomic mass is 9.94. The number of carbonyl (C=O) groups excluding carboxylic acids is 1. The fraction of sp³-hybridized carbons (Fsp3) is 0.846. The van der Waals surface area contributed by atoms with Crippen molar-refractivity contribution in [3.05, 3.63) is 0 Å². The molecule has 0 spiro atoms. The first-order chi connectivity index (χ1) is 8.05. The molecule has 5 nitrogen and oxygen atoms in total. The molecule has 0 aromatic rings. The lowest BCUT2D eigenvalue weighted by Gasteiger charge is -2.31. The van der Waals surface area contributed by atoms with Crippen molar-refractivity contribution in [3.63, 3.8) is 0 Å². The number of likely N-dealkylation sites (N-methyl/N-ethyl adjacent to an activating group) is 1. The lowest BCUT2D eigenvalue weighted by molar-refractivity contribution is -0.145. The van der Waals surface area contributed by atoms with Gasteiger partial charge in [-0.1, -0.05) is 27.7 Å². The van der Waals surface area contributed by atoms with Crippen LogP contribution in [0.25, 0.3) is 0 Å². The molecule has 0 fully saturated rings. The van der Waals surface area contributed by atoms with Crippen molar-refractivity contribution in [2.24, 2.45) is 11.3 Å². The number of carboxylic acid groups (broad SMARTS) is 1. The van der Waals surface area contributed by atoms with Gasteiger partial charge < -0.3 is 14.9 Å². The topological polar surface area (TPSA) is 60.9 Å². The second kappa shape index (κ2) is 6.73. The Morgan fingerprint density at radius 3 is 2.00 bits per heavy atom. The van der Waals surface area contributed by atoms with Crippen molar-refractivity contribution in [2.45, 2.75) is 27.7 Å². The Balaban J connectivity index is 4.72. The van der Waals surface area contributed by atoms with Crippen molar-refractivity contribution in [2.75, 3.05) is 33.7 Å². The van der Waals surface area contributed by atoms with Crippen LogP contribution in [0.5, 0.6) is 0 Å². The van der Waals surface area contributed by atoms with Crippen molar-refractivity contribution < 1.29 is 14.7 Å². The van der Waals surface area contributed by atoms with Gasteiger partial charge in [0, 0.05) is 25.0 Å². The molecule has 0 saturated carbocycles. The Morgan fingerprint density at radius 1 is 1.17 bits per heavy atom. The number of nitrogens with zero attached hydrogens (tertiary/aromatic N) is 2. The summed E-state index contributed by atoms with van der Waals surface area (Å²) in [5.74, 6) is -1.41. The molecule has 0 aliphatic heterocycles. The van der Waals surface area contributed by atoms with Crippen LogP contribution in [0.1, 0.15) is 27.7 Å². The number of aliphatic carboxylic acids is 1. The number of hydrogen-bond acceptors (Lipinski definition) is 3. The molecule has 0 aliphatic rings. The van der Waals surface area contributed by atoms with Gasteiger partial charge in [-0.15, -0.1) is 0 Å². The van der Waals surface area contributed by atoms with Crippen LogP contribution in [0.2, 0.25) is 0 Å². The molecule has 5 heteroatoms. The smallest absolute Gasteiger partial charge is 0.308 e. The van der Waals surface area contributed by atoms with Crippen LogP contribution in [0.15, 0.2) is 0 Å². The van der Waals surface area contributed by atoms with Gasteiger partial charge in [-0.2, -0.15) is 0 Å². The van der Waals surface area contributed by atoms with E-state index in [4.69, 9.17) is 5.11 Å². The molecule has 0 rings (SSSR count). The maximum Gasteiger partial charge on any atom is 0.308 e. The number of carboxylic acids is 1. The van der Waals surface area contributed by atoms with E-state index in [2.05, 4.69) is 0 Å². The van der Waals surface area contributed by atoms with Crippen LogP contribution in [-0.4, -0.2) is 60.5 Å². The fourth-order valence-electron chi connectivity index (χ4n) is 1.48. The summed E-state index contributed by atoms with van der Waals surface area (Å²) < 4.78 is 0. The minimum Gasteiger partial charge on any atom is -0.481 e. The zero-order valence-corrected chi connectivity index (χ0v) is 12.4. The van der Waals surface area contributed by atoms with E-state index >= 15 is 0 Å². The average Bonchev–Trinajstić information content (AvgIpc) is 2.20. The molecule has 1 atom stereocenters. The highest BCUT2D eigenvalue weighted by molar-refractivity contribution is 5.82. The largest absolute Gasteiger partial charge is 0.481 e. The zero-order chi connectivity index (χ0) is 14.5. The minimum atomic E-state index is -0.869. The molecule has 106 valence electrons. The Labute approximate surface area is 110 Å². The Bertz CT molecular complexity index is 295. The van der Waals surface area contributed by atoms with E-state index in [-0.39, 0.29) is 12.5 Å². The summed E-state index contributed by atoms with van der Waals surface area (Å²) in [7, 11) is 3.86. The van der Waals surface area contributed by atoms with E-state index in [1.54, 1.807) is 11.8 Å². The standard InChI is InChI=1S/C13H26N2O3/c1-10(11(16)17)9-15(8-7-14(5)6)12(18)13(2,3)4/h10H,7-9H2,1-6H3,(H,16,17). The van der Waals surface area contributed by atoms with Crippen molar-refractivity contribution >= 4 is 11.9 Å². The van der Waals surface area contributed by atoms with E-state index in [9.17, 15) is 9.59 Å². The highest BCUT2D eigenvalue weighted by Crippen LogP contribution is 2.18. The van der Waals surface area contributed by atoms with Gasteiger partial charge in [-0.3, -0.25) is 9.59 Å². The zero-order valence-electron chi connectivity index (χ0n) is 12.4. The van der Waals surface area contributed by atoms with Gasteiger partial charge in [0.05, 0.1) is 5.92 Å². The normalized spacial score (nSPS) is 13.5. The summed E-state index contributed by atoms with van der Waals surface area (Å²) >= 11 is 0. The van der Waals surface area contributed by atoms with Gasteiger partial charge in [0.1, 0.15) is 0 Å². The number of carbonyl (C=O) groups is 2. The monoisotopic (exact) mass is 258 g/mol. The Kier molecular flexibility index (Phi) is 6.32. The molecule has 0 saturated heterocycles. The first kappa shape index (κ1) is 16.9. The van der Waals surface area contributed by atoms with Crippen LogP contribution in [-0.2, 0) is 9.59 Å². The van der Waals surface area contributed by atoms with Crippen LogP contribution < -0.4 is 0 Å². The molecule has 0 heterocycles. The molecule has 0 bridgehead atoms. The van der Waals surface area contributed by atoms with Crippen molar-refractivity contribution in [1.82, 2.24) is 9.80 Å². The fourth-order valence-corrected chi connectivity index (χ4v) is 1.48. The molecular weight excluding hydrogens is 232 g/mol. The number of rotatable bonds is 6. The number of amides is 1. The molecule has 1 N–H and O–H groups in total. The second-order valence-electron chi connectivity index (χ2n) is 6.04. The van der Waals surface area contributed by atoms with E-state index in [0.29, 0.717) is 6.54 Å². The first-order valence-electron chi connectivity index (χ1n) is 6.22. The lowest BCUT2D eigenvalue weighted by Crippen LogP contribution is -2.45. The van der Waals surface area contributed by atoms with Crippen LogP contribution in [0.3, 0.4) is 0 Å². The van der Waals surface area contributed by atoms with E-state index in [1.807, 2.05) is 39.8 Å². The minimum absolute atomic E-state index is 0.00236. The SMILES string of the molecule is CC(CN(CCN(C)C)C(=O)C(C)(C)C)C(=O)O. The Hall–Kier alpha value is -1.10. The number of hydrogen-bond donors (Lipinski definition) is 1. The first-order valence-corrected chi connectivity index (χ1v) is 6.22. The van der Waals surface area contributed by atoms with Gasteiger partial charge in [0.25, 0.3) is 0 Å². The Morgan fingerprint density at radius 2 is 1.67 bits per heavy atom. The second-order valence-corrected chi connectivity index (χ2v) is 6.04. The summed E-state index contributed by atoms with van der Waals surface area (Å²) in [6, 6.07) is 0. The summed E-state index contributed by atoms with van der Waals surface area (Å²) in [5, 5.41) is 8.94. The van der Waals surface area contributed by atoms with E-state index < -0.39 is 17.3 Å². The predicted octanol–water partition coefficient (Wildman–Crippen LogP) is 1.14. The molecule has 0 aromatic heterocycles. The summed E-state index contributed by atoms with van der Waals surface area (Å²) in [6.07, 6.45) is 0. The van der Waals surface area contributed by atoms with Gasteiger partial charge >= 0.3 is 5.97 Å². The summed E-state index contributed by atoms with van der Waals surface area (Å²) in [6.45, 7) is 8.73. The van der Waals surface area contributed by atoms with Crippen LogP contribution in [0, 0.1) is 11.3 Å². The van der Waals surface area contributed by atoms with E-state index in [0.717, 1.165) is 6.54 Å². The third-order valence-corrected chi connectivity index (χ3v) is 2.66. The van der Waals surface area contributed by atoms with Crippen molar-refractivity contribution in [1.29, 1.82) is 0 Å². The maximum absolute atomic E-state index is 12.2. The molecule has 1 amide bonds. The third-order valence-electron chi connectivity index (χ3n) is 2.66. The molecular formula is C13H26N2O3. The average molecular weight is 258 g/mol. The quantitative estimate of drug-likeness (QED) is 0.776.